The first-order valence-corrected chi connectivity index (χ1v) is 8.90. The molecule has 1 aromatic carbocycles. The number of halogens is 2. The van der Waals surface area contributed by atoms with Crippen LogP contribution in [0.15, 0.2) is 23.1 Å². The van der Waals surface area contributed by atoms with Crippen molar-refractivity contribution in [1.29, 1.82) is 0 Å². The summed E-state index contributed by atoms with van der Waals surface area (Å²) >= 11 is 5.85. The molecule has 1 atom stereocenters. The lowest BCUT2D eigenvalue weighted by Gasteiger charge is -2.22. The third-order valence-corrected chi connectivity index (χ3v) is 5.60. The minimum Gasteiger partial charge on any atom is -0.316 e. The van der Waals surface area contributed by atoms with Gasteiger partial charge >= 0.3 is 0 Å². The van der Waals surface area contributed by atoms with Crippen molar-refractivity contribution in [3.63, 3.8) is 0 Å². The first-order valence-electron chi connectivity index (χ1n) is 7.04. The molecule has 0 spiro atoms. The molecule has 1 fully saturated rings. The summed E-state index contributed by atoms with van der Waals surface area (Å²) in [6.45, 7) is 2.24. The van der Waals surface area contributed by atoms with Crippen molar-refractivity contribution in [1.82, 2.24) is 10.0 Å². The van der Waals surface area contributed by atoms with Crippen molar-refractivity contribution >= 4 is 39.7 Å². The van der Waals surface area contributed by atoms with Crippen molar-refractivity contribution in [2.75, 3.05) is 19.6 Å². The van der Waals surface area contributed by atoms with Gasteiger partial charge in [0, 0.05) is 18.7 Å². The summed E-state index contributed by atoms with van der Waals surface area (Å²) in [6, 6.07) is 3.33. The number of non-ortho nitro benzene ring substituents is 1. The lowest BCUT2D eigenvalue weighted by Crippen LogP contribution is -2.33. The normalized spacial score (nSPS) is 18.2. The van der Waals surface area contributed by atoms with Crippen molar-refractivity contribution < 1.29 is 13.3 Å². The van der Waals surface area contributed by atoms with E-state index in [4.69, 9.17) is 11.6 Å². The molecule has 0 radical (unpaired) electrons. The van der Waals surface area contributed by atoms with E-state index >= 15 is 0 Å². The number of nitrogens with one attached hydrogen (secondary N) is 2. The van der Waals surface area contributed by atoms with Crippen LogP contribution in [-0.2, 0) is 10.0 Å². The maximum atomic E-state index is 12.2. The highest BCUT2D eigenvalue weighted by molar-refractivity contribution is 7.89. The Morgan fingerprint density at radius 2 is 2.17 bits per heavy atom. The molecule has 1 aliphatic rings. The number of benzene rings is 1. The Hall–Kier alpha value is -0.930. The summed E-state index contributed by atoms with van der Waals surface area (Å²) < 4.78 is 26.9. The molecule has 7 nitrogen and oxygen atoms in total. The Morgan fingerprint density at radius 3 is 2.74 bits per heavy atom. The summed E-state index contributed by atoms with van der Waals surface area (Å²) in [4.78, 5) is 9.88. The van der Waals surface area contributed by atoms with Crippen molar-refractivity contribution in [2.45, 2.75) is 24.2 Å². The zero-order chi connectivity index (χ0) is 16.2. The molecule has 130 valence electrons. The molecule has 0 aliphatic carbocycles. The highest BCUT2D eigenvalue weighted by Gasteiger charge is 2.21. The van der Waals surface area contributed by atoms with Crippen LogP contribution in [0.25, 0.3) is 0 Å². The lowest BCUT2D eigenvalue weighted by molar-refractivity contribution is -0.384. The quantitative estimate of drug-likeness (QED) is 0.579. The highest BCUT2D eigenvalue weighted by atomic mass is 35.5. The zero-order valence-electron chi connectivity index (χ0n) is 12.3. The largest absolute Gasteiger partial charge is 0.316 e. The van der Waals surface area contributed by atoms with Gasteiger partial charge in [0.05, 0.1) is 9.95 Å². The van der Waals surface area contributed by atoms with Gasteiger partial charge in [0.2, 0.25) is 10.0 Å². The molecule has 1 saturated heterocycles. The molecule has 0 aromatic heterocycles. The topological polar surface area (TPSA) is 101 Å². The monoisotopic (exact) mass is 383 g/mol. The number of rotatable bonds is 6. The van der Waals surface area contributed by atoms with Gasteiger partial charge in [-0.15, -0.1) is 12.4 Å². The molecule has 0 bridgehead atoms. The summed E-state index contributed by atoms with van der Waals surface area (Å²) in [5.74, 6) is 0.462. The average Bonchev–Trinajstić information content (AvgIpc) is 2.47. The molecule has 2 rings (SSSR count). The van der Waals surface area contributed by atoms with Gasteiger partial charge in [0.1, 0.15) is 4.90 Å². The number of nitro groups is 1. The van der Waals surface area contributed by atoms with Crippen molar-refractivity contribution in [2.24, 2.45) is 5.92 Å². The second-order valence-electron chi connectivity index (χ2n) is 5.27. The molecule has 23 heavy (non-hydrogen) atoms. The standard InChI is InChI=1S/C13H18ClN3O4S.ClH/c14-12-8-11(17(18)19)3-4-13(12)22(20,21)16-7-5-10-2-1-6-15-9-10;/h3-4,8,10,15-16H,1-2,5-7,9H2;1H. The van der Waals surface area contributed by atoms with Gasteiger partial charge in [-0.1, -0.05) is 11.6 Å². The van der Waals surface area contributed by atoms with E-state index in [1.165, 1.54) is 0 Å². The van der Waals surface area contributed by atoms with Crippen LogP contribution in [0.3, 0.4) is 0 Å². The molecule has 10 heteroatoms. The Kier molecular flexibility index (Phi) is 7.69. The smallest absolute Gasteiger partial charge is 0.271 e. The molecule has 1 aromatic rings. The van der Waals surface area contributed by atoms with E-state index in [9.17, 15) is 18.5 Å². The van der Waals surface area contributed by atoms with Crippen LogP contribution in [0, 0.1) is 16.0 Å². The number of sulfonamides is 1. The van der Waals surface area contributed by atoms with E-state index in [0.29, 0.717) is 12.5 Å². The number of nitro benzene ring substituents is 1. The van der Waals surface area contributed by atoms with E-state index in [1.54, 1.807) is 0 Å². The van der Waals surface area contributed by atoms with Crippen LogP contribution in [0.4, 0.5) is 5.69 Å². The van der Waals surface area contributed by atoms with Crippen LogP contribution in [0.5, 0.6) is 0 Å². The number of nitrogens with zero attached hydrogens (tertiary/aromatic N) is 1. The van der Waals surface area contributed by atoms with Gasteiger partial charge in [0.25, 0.3) is 5.69 Å². The Bertz CT molecular complexity index is 649. The SMILES string of the molecule is Cl.O=[N+]([O-])c1ccc(S(=O)(=O)NCCC2CCCNC2)c(Cl)c1. The maximum absolute atomic E-state index is 12.2. The highest BCUT2D eigenvalue weighted by Crippen LogP contribution is 2.26. The van der Waals surface area contributed by atoms with Gasteiger partial charge in [0.15, 0.2) is 0 Å². The van der Waals surface area contributed by atoms with Gasteiger partial charge in [-0.3, -0.25) is 10.1 Å². The van der Waals surface area contributed by atoms with Crippen molar-refractivity contribution in [3.8, 4) is 0 Å². The number of hydrogen-bond acceptors (Lipinski definition) is 5. The van der Waals surface area contributed by atoms with Crippen LogP contribution < -0.4 is 10.0 Å². The fourth-order valence-corrected chi connectivity index (χ4v) is 4.05. The summed E-state index contributed by atoms with van der Waals surface area (Å²) in [7, 11) is -3.76. The first-order chi connectivity index (χ1) is 10.4. The van der Waals surface area contributed by atoms with Gasteiger partial charge in [-0.05, 0) is 44.3 Å². The van der Waals surface area contributed by atoms with E-state index in [1.807, 2.05) is 0 Å². The Morgan fingerprint density at radius 1 is 1.43 bits per heavy atom. The zero-order valence-corrected chi connectivity index (χ0v) is 14.7. The summed E-state index contributed by atoms with van der Waals surface area (Å²) in [6.07, 6.45) is 2.94. The van der Waals surface area contributed by atoms with Crippen LogP contribution in [0.2, 0.25) is 5.02 Å². The minimum atomic E-state index is -3.76. The average molecular weight is 384 g/mol. The summed E-state index contributed by atoms with van der Waals surface area (Å²) in [5.41, 5.74) is -0.239. The lowest BCUT2D eigenvalue weighted by atomic mass is 9.96. The third-order valence-electron chi connectivity index (χ3n) is 3.66. The van der Waals surface area contributed by atoms with Crippen LogP contribution in [-0.4, -0.2) is 33.0 Å². The Balaban J connectivity index is 0.00000264. The molecule has 1 aliphatic heterocycles. The third kappa shape index (κ3) is 5.58. The summed E-state index contributed by atoms with van der Waals surface area (Å²) in [5, 5.41) is 13.8. The van der Waals surface area contributed by atoms with Gasteiger partial charge in [-0.25, -0.2) is 13.1 Å². The van der Waals surface area contributed by atoms with E-state index in [-0.39, 0.29) is 28.0 Å². The Labute approximate surface area is 146 Å². The van der Waals surface area contributed by atoms with Crippen molar-refractivity contribution in [3.05, 3.63) is 33.3 Å². The molecular formula is C13H19Cl2N3O4S. The first kappa shape index (κ1) is 20.1. The predicted molar refractivity (Wildman–Crippen MR) is 90.8 cm³/mol. The molecular weight excluding hydrogens is 365 g/mol. The van der Waals surface area contributed by atoms with E-state index < -0.39 is 14.9 Å². The second-order valence-corrected chi connectivity index (χ2v) is 7.41. The predicted octanol–water partition coefficient (Wildman–Crippen LogP) is 2.34. The number of hydrogen-bond donors (Lipinski definition) is 2. The molecule has 0 saturated carbocycles. The molecule has 1 unspecified atom stereocenters. The van der Waals surface area contributed by atoms with E-state index in [2.05, 4.69) is 10.0 Å². The fourth-order valence-electron chi connectivity index (χ4n) is 2.47. The molecule has 2 N–H and O–H groups in total. The second kappa shape index (κ2) is 8.79. The van der Waals surface area contributed by atoms with Gasteiger partial charge < -0.3 is 5.32 Å². The minimum absolute atomic E-state index is 0. The fraction of sp³-hybridized carbons (Fsp3) is 0.538. The molecule has 0 amide bonds. The van der Waals surface area contributed by atoms with E-state index in [0.717, 1.165) is 50.6 Å². The molecule has 1 heterocycles. The van der Waals surface area contributed by atoms with Crippen LogP contribution in [0.1, 0.15) is 19.3 Å². The van der Waals surface area contributed by atoms with Gasteiger partial charge in [-0.2, -0.15) is 0 Å². The maximum Gasteiger partial charge on any atom is 0.271 e. The number of piperidine rings is 1. The van der Waals surface area contributed by atoms with Crippen LogP contribution >= 0.6 is 24.0 Å².